The molecule has 0 bridgehead atoms. The first kappa shape index (κ1) is 15.1. The Morgan fingerprint density at radius 3 is 2.38 bits per heavy atom. The number of benzene rings is 2. The number of hydrogen-bond acceptors (Lipinski definition) is 3. The van der Waals surface area contributed by atoms with Gasteiger partial charge in [0, 0.05) is 6.42 Å². The van der Waals surface area contributed by atoms with Crippen LogP contribution < -0.4 is 5.32 Å². The molecule has 0 aliphatic heterocycles. The van der Waals surface area contributed by atoms with Crippen molar-refractivity contribution < 1.29 is 15.0 Å². The van der Waals surface area contributed by atoms with Gasteiger partial charge < -0.3 is 15.5 Å². The van der Waals surface area contributed by atoms with Gasteiger partial charge in [-0.2, -0.15) is 0 Å². The van der Waals surface area contributed by atoms with E-state index in [9.17, 15) is 15.0 Å². The van der Waals surface area contributed by atoms with Crippen LogP contribution in [0.5, 0.6) is 5.75 Å². The Morgan fingerprint density at radius 2 is 1.71 bits per heavy atom. The van der Waals surface area contributed by atoms with Crippen molar-refractivity contribution >= 4 is 5.91 Å². The molecule has 0 radical (unpaired) electrons. The number of aryl methyl sites for hydroxylation is 1. The molecule has 0 unspecified atom stereocenters. The molecule has 4 nitrogen and oxygen atoms in total. The fourth-order valence-electron chi connectivity index (χ4n) is 2.16. The zero-order chi connectivity index (χ0) is 15.1. The van der Waals surface area contributed by atoms with Crippen molar-refractivity contribution in [2.75, 3.05) is 6.61 Å². The van der Waals surface area contributed by atoms with Crippen LogP contribution in [0.2, 0.25) is 0 Å². The van der Waals surface area contributed by atoms with Crippen molar-refractivity contribution in [2.24, 2.45) is 0 Å². The number of aliphatic hydroxyl groups excluding tert-OH is 1. The van der Waals surface area contributed by atoms with Crippen molar-refractivity contribution in [1.82, 2.24) is 5.32 Å². The Morgan fingerprint density at radius 1 is 1.05 bits per heavy atom. The molecule has 0 saturated carbocycles. The van der Waals surface area contributed by atoms with Crippen molar-refractivity contribution in [1.29, 1.82) is 0 Å². The van der Waals surface area contributed by atoms with E-state index in [0.29, 0.717) is 6.42 Å². The van der Waals surface area contributed by atoms with Gasteiger partial charge in [-0.3, -0.25) is 4.79 Å². The summed E-state index contributed by atoms with van der Waals surface area (Å²) in [4.78, 5) is 12.0. The van der Waals surface area contributed by atoms with Crippen molar-refractivity contribution in [3.05, 3.63) is 65.7 Å². The van der Waals surface area contributed by atoms with E-state index in [4.69, 9.17) is 0 Å². The molecule has 0 spiro atoms. The van der Waals surface area contributed by atoms with Gasteiger partial charge in [-0.25, -0.2) is 0 Å². The number of aliphatic hydroxyl groups is 1. The van der Waals surface area contributed by atoms with Crippen LogP contribution in [-0.4, -0.2) is 22.7 Å². The first-order chi connectivity index (χ1) is 10.2. The molecule has 3 N–H and O–H groups in total. The third kappa shape index (κ3) is 4.33. The van der Waals surface area contributed by atoms with Crippen molar-refractivity contribution in [2.45, 2.75) is 18.9 Å². The molecule has 0 heterocycles. The third-order valence-electron chi connectivity index (χ3n) is 3.33. The Labute approximate surface area is 124 Å². The molecule has 2 aromatic carbocycles. The molecule has 4 heteroatoms. The molecule has 0 aliphatic rings. The largest absolute Gasteiger partial charge is 0.508 e. The van der Waals surface area contributed by atoms with Gasteiger partial charge in [0.15, 0.2) is 0 Å². The zero-order valence-corrected chi connectivity index (χ0v) is 11.7. The predicted octanol–water partition coefficient (Wildman–Crippen LogP) is 2.17. The number of amides is 1. The van der Waals surface area contributed by atoms with E-state index in [1.165, 1.54) is 0 Å². The molecule has 1 amide bonds. The molecule has 1 atom stereocenters. The number of aromatic hydroxyl groups is 1. The van der Waals surface area contributed by atoms with Gasteiger partial charge in [-0.15, -0.1) is 0 Å². The summed E-state index contributed by atoms with van der Waals surface area (Å²) in [5, 5.41) is 21.9. The fourth-order valence-corrected chi connectivity index (χ4v) is 2.16. The highest BCUT2D eigenvalue weighted by atomic mass is 16.3. The summed E-state index contributed by atoms with van der Waals surface area (Å²) < 4.78 is 0. The second-order valence-electron chi connectivity index (χ2n) is 4.84. The van der Waals surface area contributed by atoms with Crippen molar-refractivity contribution in [3.8, 4) is 5.75 Å². The van der Waals surface area contributed by atoms with Gasteiger partial charge in [0.1, 0.15) is 5.75 Å². The summed E-state index contributed by atoms with van der Waals surface area (Å²) >= 11 is 0. The number of carbonyl (C=O) groups is 1. The molecule has 2 aromatic rings. The lowest BCUT2D eigenvalue weighted by Crippen LogP contribution is -2.30. The van der Waals surface area contributed by atoms with Gasteiger partial charge in [0.25, 0.3) is 0 Å². The molecular formula is C17H19NO3. The van der Waals surface area contributed by atoms with E-state index in [1.807, 2.05) is 36.4 Å². The summed E-state index contributed by atoms with van der Waals surface area (Å²) in [6.07, 6.45) is 0.729. The summed E-state index contributed by atoms with van der Waals surface area (Å²) in [7, 11) is 0. The van der Waals surface area contributed by atoms with Crippen molar-refractivity contribution in [3.63, 3.8) is 0 Å². The maximum atomic E-state index is 12.0. The van der Waals surface area contributed by atoms with Crippen LogP contribution in [0.3, 0.4) is 0 Å². The van der Waals surface area contributed by atoms with Crippen LogP contribution in [0.4, 0.5) is 0 Å². The van der Waals surface area contributed by atoms with Gasteiger partial charge in [0.2, 0.25) is 5.91 Å². The maximum absolute atomic E-state index is 12.0. The normalized spacial score (nSPS) is 11.9. The van der Waals surface area contributed by atoms with Crippen LogP contribution in [-0.2, 0) is 11.2 Å². The predicted molar refractivity (Wildman–Crippen MR) is 80.8 cm³/mol. The highest BCUT2D eigenvalue weighted by molar-refractivity contribution is 5.76. The standard InChI is InChI=1S/C17H19NO3/c19-12-15(13-6-2-1-3-7-13)18-17(21)11-10-14-8-4-5-9-16(14)20/h1-9,15,19-20H,10-12H2,(H,18,21)/t15-/m0/s1. The lowest BCUT2D eigenvalue weighted by atomic mass is 10.1. The topological polar surface area (TPSA) is 69.6 Å². The van der Waals surface area contributed by atoms with Gasteiger partial charge >= 0.3 is 0 Å². The van der Waals surface area contributed by atoms with E-state index in [0.717, 1.165) is 11.1 Å². The summed E-state index contributed by atoms with van der Waals surface area (Å²) in [5.41, 5.74) is 1.61. The average molecular weight is 285 g/mol. The minimum Gasteiger partial charge on any atom is -0.508 e. The van der Waals surface area contributed by atoms with Gasteiger partial charge in [-0.05, 0) is 23.6 Å². The summed E-state index contributed by atoms with van der Waals surface area (Å²) in [6, 6.07) is 15.9. The smallest absolute Gasteiger partial charge is 0.220 e. The Hall–Kier alpha value is -2.33. The van der Waals surface area contributed by atoms with Crippen LogP contribution in [0, 0.1) is 0 Å². The number of phenols is 1. The lowest BCUT2D eigenvalue weighted by molar-refractivity contribution is -0.122. The lowest BCUT2D eigenvalue weighted by Gasteiger charge is -2.16. The van der Waals surface area contributed by atoms with E-state index in [-0.39, 0.29) is 24.7 Å². The molecule has 110 valence electrons. The fraction of sp³-hybridized carbons (Fsp3) is 0.235. The van der Waals surface area contributed by atoms with E-state index < -0.39 is 6.04 Å². The van der Waals surface area contributed by atoms with Crippen LogP contribution in [0.15, 0.2) is 54.6 Å². The highest BCUT2D eigenvalue weighted by Crippen LogP contribution is 2.17. The minimum absolute atomic E-state index is 0.146. The summed E-state index contributed by atoms with van der Waals surface area (Å²) in [6.45, 7) is -0.146. The zero-order valence-electron chi connectivity index (χ0n) is 11.7. The minimum atomic E-state index is -0.400. The quantitative estimate of drug-likeness (QED) is 0.762. The highest BCUT2D eigenvalue weighted by Gasteiger charge is 2.13. The molecular weight excluding hydrogens is 266 g/mol. The average Bonchev–Trinajstić information content (AvgIpc) is 2.52. The Bertz CT molecular complexity index is 584. The molecule has 2 rings (SSSR count). The van der Waals surface area contributed by atoms with Gasteiger partial charge in [-0.1, -0.05) is 48.5 Å². The number of para-hydroxylation sites is 1. The summed E-state index contributed by atoms with van der Waals surface area (Å²) in [5.74, 6) is 0.0493. The number of carbonyl (C=O) groups excluding carboxylic acids is 1. The Balaban J connectivity index is 1.90. The SMILES string of the molecule is O=C(CCc1ccccc1O)N[C@@H](CO)c1ccccc1. The molecule has 0 saturated heterocycles. The molecule has 0 fully saturated rings. The molecule has 0 aromatic heterocycles. The molecule has 0 aliphatic carbocycles. The number of rotatable bonds is 6. The first-order valence-corrected chi connectivity index (χ1v) is 6.92. The number of hydrogen-bond donors (Lipinski definition) is 3. The number of phenolic OH excluding ortho intramolecular Hbond substituents is 1. The monoisotopic (exact) mass is 285 g/mol. The van der Waals surface area contributed by atoms with E-state index in [1.54, 1.807) is 18.2 Å². The second-order valence-corrected chi connectivity index (χ2v) is 4.84. The first-order valence-electron chi connectivity index (χ1n) is 6.92. The third-order valence-corrected chi connectivity index (χ3v) is 3.33. The second kappa shape index (κ2) is 7.45. The van der Waals surface area contributed by atoms with E-state index >= 15 is 0 Å². The van der Waals surface area contributed by atoms with Crippen LogP contribution >= 0.6 is 0 Å². The number of nitrogens with one attached hydrogen (secondary N) is 1. The van der Waals surface area contributed by atoms with Gasteiger partial charge in [0.05, 0.1) is 12.6 Å². The van der Waals surface area contributed by atoms with Crippen LogP contribution in [0.1, 0.15) is 23.6 Å². The maximum Gasteiger partial charge on any atom is 0.220 e. The van der Waals surface area contributed by atoms with E-state index in [2.05, 4.69) is 5.32 Å². The van der Waals surface area contributed by atoms with Crippen LogP contribution in [0.25, 0.3) is 0 Å². The molecule has 21 heavy (non-hydrogen) atoms. The Kier molecular flexibility index (Phi) is 5.35.